The molecule has 1 aromatic carbocycles. The molecular formula is C16H14F3N5O4. The van der Waals surface area contributed by atoms with E-state index in [-0.39, 0.29) is 16.9 Å². The number of rotatable bonds is 4. The molecule has 0 spiro atoms. The molecule has 3 aromatic rings. The third kappa shape index (κ3) is 3.61. The Kier molecular flexibility index (Phi) is 4.71. The molecule has 0 fully saturated rings. The molecule has 1 amide bonds. The Morgan fingerprint density at radius 1 is 1.21 bits per heavy atom. The molecule has 0 unspecified atom stereocenters. The number of aryl methyl sites for hydroxylation is 2. The number of alkyl halides is 3. The Hall–Kier alpha value is -3.57. The number of fused-ring (bicyclic) bond motifs is 1. The molecule has 1 N–H and O–H groups in total. The van der Waals surface area contributed by atoms with Gasteiger partial charge in [-0.1, -0.05) is 12.1 Å². The predicted octanol–water partition coefficient (Wildman–Crippen LogP) is 0.971. The highest BCUT2D eigenvalue weighted by molar-refractivity contribution is 5.92. The fourth-order valence-electron chi connectivity index (χ4n) is 2.65. The number of nitrogens with zero attached hydrogens (tertiary/aromatic N) is 4. The first-order valence-corrected chi connectivity index (χ1v) is 7.84. The van der Waals surface area contributed by atoms with Crippen molar-refractivity contribution in [3.63, 3.8) is 0 Å². The Morgan fingerprint density at radius 2 is 1.89 bits per heavy atom. The molecule has 148 valence electrons. The van der Waals surface area contributed by atoms with Gasteiger partial charge in [0.2, 0.25) is 5.91 Å². The van der Waals surface area contributed by atoms with E-state index in [4.69, 9.17) is 0 Å². The monoisotopic (exact) mass is 397 g/mol. The fourth-order valence-corrected chi connectivity index (χ4v) is 2.65. The second kappa shape index (κ2) is 6.87. The first-order valence-electron chi connectivity index (χ1n) is 7.84. The summed E-state index contributed by atoms with van der Waals surface area (Å²) in [6.07, 6.45) is -3.60. The molecule has 2 aromatic heterocycles. The molecule has 0 radical (unpaired) electrons. The van der Waals surface area contributed by atoms with E-state index < -0.39 is 35.8 Å². The van der Waals surface area contributed by atoms with E-state index in [1.54, 1.807) is 7.05 Å². The predicted molar refractivity (Wildman–Crippen MR) is 92.0 cm³/mol. The number of ether oxygens (including phenoxy) is 1. The molecule has 0 saturated heterocycles. The summed E-state index contributed by atoms with van der Waals surface area (Å²) in [5, 5.41) is 2.22. The van der Waals surface area contributed by atoms with Gasteiger partial charge in [0.15, 0.2) is 16.9 Å². The first-order chi connectivity index (χ1) is 13.1. The van der Waals surface area contributed by atoms with Crippen molar-refractivity contribution in [2.45, 2.75) is 12.9 Å². The van der Waals surface area contributed by atoms with Crippen LogP contribution < -0.4 is 21.3 Å². The van der Waals surface area contributed by atoms with Crippen molar-refractivity contribution in [2.24, 2.45) is 14.1 Å². The lowest BCUT2D eigenvalue weighted by Gasteiger charge is -2.14. The van der Waals surface area contributed by atoms with E-state index in [0.29, 0.717) is 4.57 Å². The van der Waals surface area contributed by atoms with Gasteiger partial charge in [-0.25, -0.2) is 14.3 Å². The molecule has 0 saturated carbocycles. The summed E-state index contributed by atoms with van der Waals surface area (Å²) < 4.78 is 44.5. The topological polar surface area (TPSA) is 100 Å². The van der Waals surface area contributed by atoms with Gasteiger partial charge in [-0.05, 0) is 12.1 Å². The van der Waals surface area contributed by atoms with Gasteiger partial charge in [0.1, 0.15) is 6.54 Å². The van der Waals surface area contributed by atoms with Crippen molar-refractivity contribution >= 4 is 22.8 Å². The van der Waals surface area contributed by atoms with Crippen LogP contribution in [0.25, 0.3) is 11.2 Å². The molecule has 12 heteroatoms. The minimum Gasteiger partial charge on any atom is -0.404 e. The normalized spacial score (nSPS) is 11.6. The SMILES string of the molecule is Cn1cnc2c1c(=O)n(CC(=O)Nc1ccccc1OC(F)(F)F)c(=O)n2C. The average Bonchev–Trinajstić information content (AvgIpc) is 2.99. The number of hydrogen-bond acceptors (Lipinski definition) is 5. The summed E-state index contributed by atoms with van der Waals surface area (Å²) in [4.78, 5) is 41.2. The lowest BCUT2D eigenvalue weighted by atomic mass is 10.3. The van der Waals surface area contributed by atoms with E-state index in [2.05, 4.69) is 15.0 Å². The van der Waals surface area contributed by atoms with Crippen molar-refractivity contribution < 1.29 is 22.7 Å². The van der Waals surface area contributed by atoms with Gasteiger partial charge in [-0.15, -0.1) is 13.2 Å². The van der Waals surface area contributed by atoms with Gasteiger partial charge in [-0.3, -0.25) is 14.2 Å². The van der Waals surface area contributed by atoms with Gasteiger partial charge in [0.05, 0.1) is 12.0 Å². The fraction of sp³-hybridized carbons (Fsp3) is 0.250. The molecule has 0 bridgehead atoms. The maximum Gasteiger partial charge on any atom is 0.573 e. The lowest BCUT2D eigenvalue weighted by molar-refractivity contribution is -0.274. The van der Waals surface area contributed by atoms with Crippen LogP contribution >= 0.6 is 0 Å². The van der Waals surface area contributed by atoms with Crippen molar-refractivity contribution in [3.05, 3.63) is 51.4 Å². The van der Waals surface area contributed by atoms with Gasteiger partial charge in [0.25, 0.3) is 5.56 Å². The third-order valence-electron chi connectivity index (χ3n) is 3.89. The van der Waals surface area contributed by atoms with Crippen LogP contribution in [0, 0.1) is 0 Å². The summed E-state index contributed by atoms with van der Waals surface area (Å²) in [5.74, 6) is -1.50. The van der Waals surface area contributed by atoms with E-state index in [9.17, 15) is 27.6 Å². The van der Waals surface area contributed by atoms with Crippen molar-refractivity contribution in [1.29, 1.82) is 0 Å². The van der Waals surface area contributed by atoms with Crippen LogP contribution in [0.4, 0.5) is 18.9 Å². The van der Waals surface area contributed by atoms with Crippen molar-refractivity contribution in [1.82, 2.24) is 18.7 Å². The molecule has 0 aliphatic carbocycles. The number of nitrogens with one attached hydrogen (secondary N) is 1. The summed E-state index contributed by atoms with van der Waals surface area (Å²) in [5.41, 5.74) is -1.52. The molecule has 0 aliphatic rings. The molecule has 2 heterocycles. The van der Waals surface area contributed by atoms with Gasteiger partial charge >= 0.3 is 12.1 Å². The van der Waals surface area contributed by atoms with Gasteiger partial charge in [0, 0.05) is 14.1 Å². The van der Waals surface area contributed by atoms with Crippen LogP contribution in [0.3, 0.4) is 0 Å². The summed E-state index contributed by atoms with van der Waals surface area (Å²) in [6.45, 7) is -0.701. The zero-order valence-electron chi connectivity index (χ0n) is 14.6. The molecule has 0 aliphatic heterocycles. The number of benzene rings is 1. The standard InChI is InChI=1S/C16H14F3N5O4/c1-22-8-20-13-12(22)14(26)24(15(27)23(13)2)7-11(25)21-9-5-3-4-6-10(9)28-16(17,18)19/h3-6,8H,7H2,1-2H3,(H,21,25). The van der Waals surface area contributed by atoms with Crippen LogP contribution in [0.2, 0.25) is 0 Å². The van der Waals surface area contributed by atoms with Crippen molar-refractivity contribution in [2.75, 3.05) is 5.32 Å². The van der Waals surface area contributed by atoms with Gasteiger partial charge in [-0.2, -0.15) is 0 Å². The number of halogens is 3. The zero-order valence-corrected chi connectivity index (χ0v) is 14.6. The summed E-state index contributed by atoms with van der Waals surface area (Å²) in [7, 11) is 2.94. The second-order valence-corrected chi connectivity index (χ2v) is 5.85. The van der Waals surface area contributed by atoms with Crippen LogP contribution in [-0.4, -0.2) is 31.0 Å². The number of hydrogen-bond donors (Lipinski definition) is 1. The van der Waals surface area contributed by atoms with Crippen LogP contribution in [0.1, 0.15) is 0 Å². The highest BCUT2D eigenvalue weighted by atomic mass is 19.4. The Morgan fingerprint density at radius 3 is 2.57 bits per heavy atom. The highest BCUT2D eigenvalue weighted by Crippen LogP contribution is 2.29. The minimum absolute atomic E-state index is 0.107. The van der Waals surface area contributed by atoms with E-state index >= 15 is 0 Å². The Balaban J connectivity index is 1.93. The molecular weight excluding hydrogens is 383 g/mol. The number of carbonyl (C=O) groups is 1. The molecule has 28 heavy (non-hydrogen) atoms. The minimum atomic E-state index is -4.95. The number of aromatic nitrogens is 4. The first kappa shape index (κ1) is 19.2. The van der Waals surface area contributed by atoms with Crippen LogP contribution in [0.5, 0.6) is 5.75 Å². The molecule has 0 atom stereocenters. The second-order valence-electron chi connectivity index (χ2n) is 5.85. The number of imidazole rings is 1. The quantitative estimate of drug-likeness (QED) is 0.707. The maximum absolute atomic E-state index is 12.6. The third-order valence-corrected chi connectivity index (χ3v) is 3.89. The van der Waals surface area contributed by atoms with Crippen LogP contribution in [-0.2, 0) is 25.4 Å². The number of amides is 1. The summed E-state index contributed by atoms with van der Waals surface area (Å²) >= 11 is 0. The zero-order chi connectivity index (χ0) is 20.6. The van der Waals surface area contributed by atoms with E-state index in [0.717, 1.165) is 10.6 Å². The van der Waals surface area contributed by atoms with E-state index in [1.165, 1.54) is 36.1 Å². The number of carbonyl (C=O) groups excluding carboxylic acids is 1. The van der Waals surface area contributed by atoms with Gasteiger partial charge < -0.3 is 14.6 Å². The van der Waals surface area contributed by atoms with E-state index in [1.807, 2.05) is 0 Å². The average molecular weight is 397 g/mol. The Bertz CT molecular complexity index is 1180. The molecule has 9 nitrogen and oxygen atoms in total. The van der Waals surface area contributed by atoms with Crippen LogP contribution in [0.15, 0.2) is 40.2 Å². The number of anilines is 1. The maximum atomic E-state index is 12.6. The van der Waals surface area contributed by atoms with Crippen molar-refractivity contribution in [3.8, 4) is 5.75 Å². The smallest absolute Gasteiger partial charge is 0.404 e. The lowest BCUT2D eigenvalue weighted by Crippen LogP contribution is -2.42. The molecule has 3 rings (SSSR count). The Labute approximate surface area is 154 Å². The number of para-hydroxylation sites is 2. The summed E-state index contributed by atoms with van der Waals surface area (Å²) in [6, 6.07) is 4.92. The highest BCUT2D eigenvalue weighted by Gasteiger charge is 2.32. The largest absolute Gasteiger partial charge is 0.573 e.